The van der Waals surface area contributed by atoms with Gasteiger partial charge in [-0.25, -0.2) is 4.39 Å². The largest absolute Gasteiger partial charge is 0.322 e. The summed E-state index contributed by atoms with van der Waals surface area (Å²) in [5, 5.41) is 0.587. The first kappa shape index (κ1) is 14.3. The Hall–Kier alpha value is -0.640. The van der Waals surface area contributed by atoms with Gasteiger partial charge in [-0.3, -0.25) is 4.90 Å². The summed E-state index contributed by atoms with van der Waals surface area (Å²) in [6, 6.07) is 4.34. The Kier molecular flexibility index (Phi) is 4.02. The molecular formula is C16H22ClFN2. The van der Waals surface area contributed by atoms with Crippen molar-refractivity contribution in [2.24, 2.45) is 5.73 Å². The van der Waals surface area contributed by atoms with Gasteiger partial charge >= 0.3 is 0 Å². The number of nitrogens with zero attached hydrogens (tertiary/aromatic N) is 1. The summed E-state index contributed by atoms with van der Waals surface area (Å²) in [7, 11) is 0. The van der Waals surface area contributed by atoms with E-state index in [0.29, 0.717) is 5.02 Å². The quantitative estimate of drug-likeness (QED) is 0.917. The zero-order chi connectivity index (χ0) is 14.2. The van der Waals surface area contributed by atoms with Crippen molar-refractivity contribution in [3.8, 4) is 0 Å². The Morgan fingerprint density at radius 3 is 2.45 bits per heavy atom. The molecule has 0 amide bonds. The van der Waals surface area contributed by atoms with Crippen molar-refractivity contribution < 1.29 is 4.39 Å². The van der Waals surface area contributed by atoms with Crippen LogP contribution in [0.2, 0.25) is 5.02 Å². The van der Waals surface area contributed by atoms with Crippen LogP contribution in [0.4, 0.5) is 4.39 Å². The second-order valence-electron chi connectivity index (χ2n) is 6.15. The highest BCUT2D eigenvalue weighted by Crippen LogP contribution is 2.46. The van der Waals surface area contributed by atoms with Crippen LogP contribution in [0.1, 0.15) is 50.1 Å². The summed E-state index contributed by atoms with van der Waals surface area (Å²) in [5.41, 5.74) is 7.34. The van der Waals surface area contributed by atoms with E-state index in [2.05, 4.69) is 4.90 Å². The lowest BCUT2D eigenvalue weighted by Gasteiger charge is -2.44. The lowest BCUT2D eigenvalue weighted by molar-refractivity contribution is 0.0921. The van der Waals surface area contributed by atoms with Crippen LogP contribution in [-0.4, -0.2) is 23.5 Å². The van der Waals surface area contributed by atoms with E-state index < -0.39 is 0 Å². The van der Waals surface area contributed by atoms with Crippen molar-refractivity contribution in [1.29, 1.82) is 0 Å². The number of rotatable bonds is 3. The first-order chi connectivity index (χ1) is 9.63. The molecule has 1 atom stereocenters. The summed E-state index contributed by atoms with van der Waals surface area (Å²) in [6.07, 6.45) is 7.09. The van der Waals surface area contributed by atoms with Gasteiger partial charge in [0.1, 0.15) is 5.82 Å². The van der Waals surface area contributed by atoms with E-state index >= 15 is 0 Å². The highest BCUT2D eigenvalue weighted by molar-refractivity contribution is 6.31. The molecular weight excluding hydrogens is 275 g/mol. The molecule has 110 valence electrons. The number of hydrogen-bond acceptors (Lipinski definition) is 2. The molecule has 2 aliphatic rings. The molecule has 0 aromatic heterocycles. The van der Waals surface area contributed by atoms with Crippen molar-refractivity contribution >= 4 is 11.6 Å². The Morgan fingerprint density at radius 1 is 1.15 bits per heavy atom. The molecule has 0 radical (unpaired) electrons. The second kappa shape index (κ2) is 5.63. The standard InChI is InChI=1S/C16H22ClFN2/c17-14-6-5-12(18)11-13(14)15(19)16(7-1-2-8-16)20-9-3-4-10-20/h5-6,11,15H,1-4,7-10,19H2. The highest BCUT2D eigenvalue weighted by atomic mass is 35.5. The molecule has 1 aliphatic heterocycles. The maximum Gasteiger partial charge on any atom is 0.123 e. The SMILES string of the molecule is NC(c1cc(F)ccc1Cl)C1(N2CCCC2)CCCC1. The predicted octanol–water partition coefficient (Wildman–Crippen LogP) is 3.89. The smallest absolute Gasteiger partial charge is 0.123 e. The van der Waals surface area contributed by atoms with Crippen LogP contribution in [0, 0.1) is 5.82 Å². The van der Waals surface area contributed by atoms with Crippen molar-refractivity contribution in [3.63, 3.8) is 0 Å². The van der Waals surface area contributed by atoms with E-state index in [4.69, 9.17) is 17.3 Å². The Labute approximate surface area is 125 Å². The number of likely N-dealkylation sites (tertiary alicyclic amines) is 1. The molecule has 1 unspecified atom stereocenters. The summed E-state index contributed by atoms with van der Waals surface area (Å²) < 4.78 is 13.6. The van der Waals surface area contributed by atoms with Crippen LogP contribution in [0.25, 0.3) is 0 Å². The van der Waals surface area contributed by atoms with E-state index in [9.17, 15) is 4.39 Å². The fourth-order valence-electron chi connectivity index (χ4n) is 4.02. The minimum Gasteiger partial charge on any atom is -0.322 e. The van der Waals surface area contributed by atoms with E-state index in [1.165, 1.54) is 37.8 Å². The number of halogens is 2. The van der Waals surface area contributed by atoms with Gasteiger partial charge in [0, 0.05) is 16.6 Å². The van der Waals surface area contributed by atoms with Crippen LogP contribution in [0.5, 0.6) is 0 Å². The Morgan fingerprint density at radius 2 is 1.80 bits per heavy atom. The number of benzene rings is 1. The molecule has 2 nitrogen and oxygen atoms in total. The molecule has 1 saturated heterocycles. The molecule has 3 rings (SSSR count). The van der Waals surface area contributed by atoms with Gasteiger partial charge in [-0.1, -0.05) is 24.4 Å². The third-order valence-electron chi connectivity index (χ3n) is 5.08. The summed E-state index contributed by atoms with van der Waals surface area (Å²) >= 11 is 6.27. The monoisotopic (exact) mass is 296 g/mol. The number of nitrogens with two attached hydrogens (primary N) is 1. The Balaban J connectivity index is 1.96. The average molecular weight is 297 g/mol. The zero-order valence-electron chi connectivity index (χ0n) is 11.7. The van der Waals surface area contributed by atoms with Gasteiger partial charge in [-0.15, -0.1) is 0 Å². The molecule has 0 bridgehead atoms. The minimum atomic E-state index is -0.255. The zero-order valence-corrected chi connectivity index (χ0v) is 12.5. The van der Waals surface area contributed by atoms with Crippen LogP contribution >= 0.6 is 11.6 Å². The lowest BCUT2D eigenvalue weighted by atomic mass is 9.82. The first-order valence-corrected chi connectivity index (χ1v) is 7.97. The van der Waals surface area contributed by atoms with E-state index in [1.54, 1.807) is 6.07 Å². The molecule has 1 heterocycles. The molecule has 20 heavy (non-hydrogen) atoms. The van der Waals surface area contributed by atoms with Crippen molar-refractivity contribution in [1.82, 2.24) is 4.90 Å². The van der Waals surface area contributed by atoms with Gasteiger partial charge in [0.2, 0.25) is 0 Å². The Bertz CT molecular complexity index is 479. The van der Waals surface area contributed by atoms with Crippen molar-refractivity contribution in [2.75, 3.05) is 13.1 Å². The van der Waals surface area contributed by atoms with Gasteiger partial charge < -0.3 is 5.73 Å². The van der Waals surface area contributed by atoms with Crippen LogP contribution in [0.3, 0.4) is 0 Å². The van der Waals surface area contributed by atoms with Gasteiger partial charge in [-0.2, -0.15) is 0 Å². The van der Waals surface area contributed by atoms with Crippen LogP contribution < -0.4 is 5.73 Å². The summed E-state index contributed by atoms with van der Waals surface area (Å²) in [5.74, 6) is -0.255. The van der Waals surface area contributed by atoms with E-state index in [0.717, 1.165) is 31.5 Å². The third kappa shape index (κ3) is 2.36. The third-order valence-corrected chi connectivity index (χ3v) is 5.42. The fourth-order valence-corrected chi connectivity index (χ4v) is 4.25. The average Bonchev–Trinajstić information content (AvgIpc) is 3.11. The summed E-state index contributed by atoms with van der Waals surface area (Å²) in [4.78, 5) is 2.53. The molecule has 2 N–H and O–H groups in total. The molecule has 1 aliphatic carbocycles. The van der Waals surface area contributed by atoms with E-state index in [1.807, 2.05) is 0 Å². The van der Waals surface area contributed by atoms with Gasteiger partial charge in [-0.05, 0) is 62.5 Å². The van der Waals surface area contributed by atoms with Gasteiger partial charge in [0.05, 0.1) is 0 Å². The normalized spacial score (nSPS) is 24.1. The lowest BCUT2D eigenvalue weighted by Crippen LogP contribution is -2.52. The second-order valence-corrected chi connectivity index (χ2v) is 6.56. The topological polar surface area (TPSA) is 29.3 Å². The molecule has 0 spiro atoms. The minimum absolute atomic E-state index is 0.0199. The van der Waals surface area contributed by atoms with E-state index in [-0.39, 0.29) is 17.4 Å². The highest BCUT2D eigenvalue weighted by Gasteiger charge is 2.46. The molecule has 4 heteroatoms. The van der Waals surface area contributed by atoms with Crippen LogP contribution in [-0.2, 0) is 0 Å². The van der Waals surface area contributed by atoms with Crippen LogP contribution in [0.15, 0.2) is 18.2 Å². The first-order valence-electron chi connectivity index (χ1n) is 7.59. The molecule has 1 aromatic rings. The molecule has 1 aromatic carbocycles. The fraction of sp³-hybridized carbons (Fsp3) is 0.625. The number of hydrogen-bond donors (Lipinski definition) is 1. The maximum atomic E-state index is 13.6. The maximum absolute atomic E-state index is 13.6. The predicted molar refractivity (Wildman–Crippen MR) is 80.3 cm³/mol. The summed E-state index contributed by atoms with van der Waals surface area (Å²) in [6.45, 7) is 2.22. The molecule has 1 saturated carbocycles. The molecule has 2 fully saturated rings. The van der Waals surface area contributed by atoms with Crippen molar-refractivity contribution in [2.45, 2.75) is 50.1 Å². The van der Waals surface area contributed by atoms with Gasteiger partial charge in [0.25, 0.3) is 0 Å². The van der Waals surface area contributed by atoms with Crippen molar-refractivity contribution in [3.05, 3.63) is 34.6 Å². The van der Waals surface area contributed by atoms with Gasteiger partial charge in [0.15, 0.2) is 0 Å².